The van der Waals surface area contributed by atoms with Crippen molar-refractivity contribution in [2.24, 2.45) is 0 Å². The van der Waals surface area contributed by atoms with Crippen molar-refractivity contribution in [2.75, 3.05) is 13.6 Å². The summed E-state index contributed by atoms with van der Waals surface area (Å²) in [5.41, 5.74) is 0.916. The zero-order valence-electron chi connectivity index (χ0n) is 11.0. The second kappa shape index (κ2) is 5.25. The van der Waals surface area contributed by atoms with Crippen LogP contribution in [-0.2, 0) is 10.2 Å². The van der Waals surface area contributed by atoms with Gasteiger partial charge >= 0.3 is 0 Å². The smallest absolute Gasteiger partial charge is 0.255 e. The molecule has 3 heterocycles. The summed E-state index contributed by atoms with van der Waals surface area (Å²) in [5, 5.41) is 0. The number of rotatable bonds is 2. The van der Waals surface area contributed by atoms with Crippen LogP contribution in [0.2, 0.25) is 0 Å². The van der Waals surface area contributed by atoms with Crippen molar-refractivity contribution in [1.29, 1.82) is 0 Å². The topological polar surface area (TPSA) is 62.3 Å². The number of pyridine rings is 1. The van der Waals surface area contributed by atoms with Gasteiger partial charge in [-0.3, -0.25) is 4.98 Å². The summed E-state index contributed by atoms with van der Waals surface area (Å²) in [5.74, 6) is 0. The molecule has 0 spiro atoms. The predicted octanol–water partition coefficient (Wildman–Crippen LogP) is 2.02. The van der Waals surface area contributed by atoms with Gasteiger partial charge < -0.3 is 0 Å². The van der Waals surface area contributed by atoms with Crippen molar-refractivity contribution in [3.05, 3.63) is 41.4 Å². The van der Waals surface area contributed by atoms with Crippen molar-refractivity contribution in [3.8, 4) is 10.6 Å². The summed E-state index contributed by atoms with van der Waals surface area (Å²) < 4.78 is 27.8. The summed E-state index contributed by atoms with van der Waals surface area (Å²) in [4.78, 5) is 6.40. The second-order valence-electron chi connectivity index (χ2n) is 4.70. The molecule has 1 atom stereocenters. The quantitative estimate of drug-likeness (QED) is 0.923. The molecule has 0 radical (unpaired) electrons. The Morgan fingerprint density at radius 1 is 1.35 bits per heavy atom. The molecule has 1 fully saturated rings. The molecular formula is C13H15N3O2S2. The van der Waals surface area contributed by atoms with Crippen molar-refractivity contribution in [1.82, 2.24) is 14.0 Å². The number of thiophene rings is 1. The summed E-state index contributed by atoms with van der Waals surface area (Å²) in [6.07, 6.45) is 2.53. The third-order valence-corrected chi connectivity index (χ3v) is 6.13. The molecule has 106 valence electrons. The van der Waals surface area contributed by atoms with E-state index in [1.807, 2.05) is 30.3 Å². The van der Waals surface area contributed by atoms with E-state index in [9.17, 15) is 8.42 Å². The van der Waals surface area contributed by atoms with Gasteiger partial charge in [-0.2, -0.15) is 17.4 Å². The Labute approximate surface area is 122 Å². The van der Waals surface area contributed by atoms with Crippen molar-refractivity contribution >= 4 is 21.5 Å². The highest BCUT2D eigenvalue weighted by atomic mass is 32.2. The zero-order valence-corrected chi connectivity index (χ0v) is 12.6. The molecule has 1 aliphatic heterocycles. The Morgan fingerprint density at radius 2 is 2.20 bits per heavy atom. The first kappa shape index (κ1) is 13.7. The Balaban J connectivity index is 1.85. The fraction of sp³-hybridized carbons (Fsp3) is 0.308. The van der Waals surface area contributed by atoms with Crippen LogP contribution in [0.15, 0.2) is 36.5 Å². The van der Waals surface area contributed by atoms with E-state index in [1.165, 1.54) is 4.31 Å². The monoisotopic (exact) mass is 309 g/mol. The Bertz CT molecular complexity index is 697. The van der Waals surface area contributed by atoms with Crippen molar-refractivity contribution in [3.63, 3.8) is 0 Å². The molecule has 0 amide bonds. The molecular weight excluding hydrogens is 294 g/mol. The lowest BCUT2D eigenvalue weighted by molar-refractivity contribution is 0.384. The van der Waals surface area contributed by atoms with Crippen LogP contribution in [-0.4, -0.2) is 31.3 Å². The third kappa shape index (κ3) is 2.62. The van der Waals surface area contributed by atoms with Crippen LogP contribution in [0.3, 0.4) is 0 Å². The van der Waals surface area contributed by atoms with E-state index in [0.29, 0.717) is 6.54 Å². The number of nitrogens with one attached hydrogen (secondary N) is 1. The van der Waals surface area contributed by atoms with Crippen LogP contribution in [0.5, 0.6) is 0 Å². The maximum Gasteiger partial charge on any atom is 0.279 e. The van der Waals surface area contributed by atoms with Crippen molar-refractivity contribution in [2.45, 2.75) is 12.5 Å². The standard InChI is InChI=1S/C13H15N3O2S2/c1-16-9-7-11(15-20(16,17)18)13-6-5-12(19-13)10-4-2-3-8-14-10/h2-6,8,11,15H,7,9H2,1H3/t11-/m0/s1. The predicted molar refractivity (Wildman–Crippen MR) is 79.6 cm³/mol. The van der Waals surface area contributed by atoms with Crippen LogP contribution in [0, 0.1) is 0 Å². The normalized spacial score (nSPS) is 22.8. The lowest BCUT2D eigenvalue weighted by Gasteiger charge is -2.29. The maximum absolute atomic E-state index is 11.8. The highest BCUT2D eigenvalue weighted by molar-refractivity contribution is 7.87. The first-order valence-electron chi connectivity index (χ1n) is 6.31. The maximum atomic E-state index is 11.8. The molecule has 1 N–H and O–H groups in total. The average Bonchev–Trinajstić information content (AvgIpc) is 2.92. The minimum atomic E-state index is -3.34. The van der Waals surface area contributed by atoms with Gasteiger partial charge in [0.1, 0.15) is 0 Å². The molecule has 7 heteroatoms. The number of aromatic nitrogens is 1. The minimum absolute atomic E-state index is 0.140. The first-order valence-corrected chi connectivity index (χ1v) is 8.57. The Hall–Kier alpha value is -1.28. The molecule has 0 aliphatic carbocycles. The molecule has 0 aromatic carbocycles. The molecule has 20 heavy (non-hydrogen) atoms. The van der Waals surface area contributed by atoms with E-state index in [2.05, 4.69) is 9.71 Å². The van der Waals surface area contributed by atoms with E-state index in [-0.39, 0.29) is 6.04 Å². The SMILES string of the molecule is CN1CC[C@@H](c2ccc(-c3ccccn3)s2)NS1(=O)=O. The second-order valence-corrected chi connectivity index (χ2v) is 7.63. The molecule has 5 nitrogen and oxygen atoms in total. The summed E-state index contributed by atoms with van der Waals surface area (Å²) in [6, 6.07) is 9.61. The Morgan fingerprint density at radius 3 is 2.90 bits per heavy atom. The van der Waals surface area contributed by atoms with Gasteiger partial charge in [0.25, 0.3) is 10.2 Å². The van der Waals surface area contributed by atoms with Gasteiger partial charge in [0.2, 0.25) is 0 Å². The van der Waals surface area contributed by atoms with Gasteiger partial charge in [0.15, 0.2) is 0 Å². The van der Waals surface area contributed by atoms with Gasteiger partial charge in [-0.25, -0.2) is 0 Å². The lowest BCUT2D eigenvalue weighted by Crippen LogP contribution is -2.46. The van der Waals surface area contributed by atoms with Crippen LogP contribution in [0.1, 0.15) is 17.3 Å². The summed E-state index contributed by atoms with van der Waals surface area (Å²) >= 11 is 1.59. The molecule has 0 bridgehead atoms. The first-order chi connectivity index (χ1) is 9.56. The van der Waals surface area contributed by atoms with E-state index in [4.69, 9.17) is 0 Å². The van der Waals surface area contributed by atoms with Gasteiger partial charge in [-0.1, -0.05) is 6.07 Å². The van der Waals surface area contributed by atoms with E-state index >= 15 is 0 Å². The third-order valence-electron chi connectivity index (χ3n) is 3.32. The van der Waals surface area contributed by atoms with Crippen LogP contribution < -0.4 is 4.72 Å². The molecule has 2 aromatic heterocycles. The largest absolute Gasteiger partial charge is 0.279 e. The van der Waals surface area contributed by atoms with Gasteiger partial charge in [-0.15, -0.1) is 11.3 Å². The zero-order chi connectivity index (χ0) is 14.2. The van der Waals surface area contributed by atoms with Crippen molar-refractivity contribution < 1.29 is 8.42 Å². The molecule has 0 saturated carbocycles. The highest BCUT2D eigenvalue weighted by Crippen LogP contribution is 2.33. The highest BCUT2D eigenvalue weighted by Gasteiger charge is 2.30. The van der Waals surface area contributed by atoms with E-state index < -0.39 is 10.2 Å². The lowest BCUT2D eigenvalue weighted by atomic mass is 10.2. The van der Waals surface area contributed by atoms with Crippen LogP contribution >= 0.6 is 11.3 Å². The number of nitrogens with zero attached hydrogens (tertiary/aromatic N) is 2. The molecule has 1 aliphatic rings. The number of hydrogen-bond acceptors (Lipinski definition) is 4. The fourth-order valence-corrected chi connectivity index (χ4v) is 4.42. The molecule has 3 rings (SSSR count). The Kier molecular flexibility index (Phi) is 3.59. The summed E-state index contributed by atoms with van der Waals surface area (Å²) in [7, 11) is -1.75. The van der Waals surface area contributed by atoms with Crippen LogP contribution in [0.25, 0.3) is 10.6 Å². The van der Waals surface area contributed by atoms with Gasteiger partial charge in [0.05, 0.1) is 16.6 Å². The van der Waals surface area contributed by atoms with Gasteiger partial charge in [0, 0.05) is 24.7 Å². The van der Waals surface area contributed by atoms with Gasteiger partial charge in [-0.05, 0) is 30.7 Å². The fourth-order valence-electron chi connectivity index (χ4n) is 2.15. The minimum Gasteiger partial charge on any atom is -0.255 e. The summed E-state index contributed by atoms with van der Waals surface area (Å²) in [6.45, 7) is 0.539. The molecule has 0 unspecified atom stereocenters. The average molecular weight is 309 g/mol. The number of hydrogen-bond donors (Lipinski definition) is 1. The van der Waals surface area contributed by atoms with Crippen LogP contribution in [0.4, 0.5) is 0 Å². The van der Waals surface area contributed by atoms with E-state index in [0.717, 1.165) is 21.9 Å². The molecule has 2 aromatic rings. The van der Waals surface area contributed by atoms with E-state index in [1.54, 1.807) is 24.6 Å². The molecule has 1 saturated heterocycles.